The van der Waals surface area contributed by atoms with E-state index in [1.165, 1.54) is 6.92 Å². The first-order chi connectivity index (χ1) is 29.2. The van der Waals surface area contributed by atoms with Crippen LogP contribution >= 0.6 is 0 Å². The molecule has 6 rings (SSSR count). The zero-order chi connectivity index (χ0) is 43.9. The Bertz CT molecular complexity index is 1860. The Balaban J connectivity index is 1.20. The number of carbonyl (C=O) groups excluding carboxylic acids is 5. The van der Waals surface area contributed by atoms with Gasteiger partial charge in [-0.2, -0.15) is 0 Å². The molecule has 17 nitrogen and oxygen atoms in total. The number of ketones is 1. The zero-order valence-electron chi connectivity index (χ0n) is 36.3. The van der Waals surface area contributed by atoms with Gasteiger partial charge in [-0.3, -0.25) is 19.2 Å². The number of benzene rings is 1. The monoisotopic (exact) mass is 852 g/mol. The van der Waals surface area contributed by atoms with Gasteiger partial charge in [-0.25, -0.2) is 4.79 Å². The van der Waals surface area contributed by atoms with Crippen LogP contribution < -0.4 is 25.4 Å². The summed E-state index contributed by atoms with van der Waals surface area (Å²) in [5.41, 5.74) is 0.456. The van der Waals surface area contributed by atoms with E-state index in [0.717, 1.165) is 11.1 Å². The third-order valence-electron chi connectivity index (χ3n) is 13.3. The predicted molar refractivity (Wildman–Crippen MR) is 224 cm³/mol. The van der Waals surface area contributed by atoms with Gasteiger partial charge in [-0.1, -0.05) is 12.5 Å². The molecule has 5 aliphatic rings. The lowest BCUT2D eigenvalue weighted by molar-refractivity contribution is -0.163. The summed E-state index contributed by atoms with van der Waals surface area (Å²) >= 11 is 0. The molecule has 1 aromatic carbocycles. The van der Waals surface area contributed by atoms with Crippen LogP contribution in [0.25, 0.3) is 0 Å². The van der Waals surface area contributed by atoms with E-state index in [9.17, 15) is 29.1 Å². The Morgan fingerprint density at radius 2 is 1.84 bits per heavy atom. The van der Waals surface area contributed by atoms with Gasteiger partial charge in [0.1, 0.15) is 17.6 Å². The molecule has 2 saturated heterocycles. The van der Waals surface area contributed by atoms with Gasteiger partial charge in [0.05, 0.1) is 43.9 Å². The minimum atomic E-state index is -1.18. The van der Waals surface area contributed by atoms with Gasteiger partial charge in [-0.15, -0.1) is 0 Å². The number of piperidine rings is 2. The van der Waals surface area contributed by atoms with E-state index in [0.29, 0.717) is 107 Å². The molecule has 0 saturated carbocycles. The van der Waals surface area contributed by atoms with Crippen molar-refractivity contribution < 1.29 is 52.8 Å². The number of hydrogen-bond donors (Lipinski definition) is 5. The van der Waals surface area contributed by atoms with Crippen LogP contribution in [0.5, 0.6) is 11.5 Å². The van der Waals surface area contributed by atoms with E-state index >= 15 is 0 Å². The van der Waals surface area contributed by atoms with Gasteiger partial charge in [-0.05, 0) is 89.6 Å². The highest BCUT2D eigenvalue weighted by Crippen LogP contribution is 2.65. The molecular weight excluding hydrogens is 789 g/mol. The van der Waals surface area contributed by atoms with E-state index in [2.05, 4.69) is 20.9 Å². The van der Waals surface area contributed by atoms with Gasteiger partial charge in [0, 0.05) is 69.8 Å². The number of ether oxygens (including phenoxy) is 5. The molecule has 2 unspecified atom stereocenters. The smallest absolute Gasteiger partial charge is 0.415 e. The van der Waals surface area contributed by atoms with Gasteiger partial charge in [0.25, 0.3) is 0 Å². The molecule has 3 aliphatic heterocycles. The van der Waals surface area contributed by atoms with Crippen molar-refractivity contribution in [2.45, 2.75) is 120 Å². The Labute approximate surface area is 358 Å². The largest absolute Gasteiger partial charge is 0.493 e. The number of aliphatic hydroxyl groups is 1. The molecule has 3 heterocycles. The molecule has 0 aromatic heterocycles. The quantitative estimate of drug-likeness (QED) is 0.0891. The van der Waals surface area contributed by atoms with Crippen LogP contribution in [0.15, 0.2) is 24.0 Å². The van der Waals surface area contributed by atoms with Gasteiger partial charge in [0.15, 0.2) is 17.6 Å². The van der Waals surface area contributed by atoms with E-state index < -0.39 is 47.1 Å². The van der Waals surface area contributed by atoms with Crippen LogP contribution in [0, 0.1) is 11.3 Å². The van der Waals surface area contributed by atoms with Crippen LogP contribution in [-0.2, 0) is 45.2 Å². The lowest BCUT2D eigenvalue weighted by atomic mass is 9.50. The number of likely N-dealkylation sites (N-methyl/N-ethyl adjacent to an activating group) is 1. The fourth-order valence-electron chi connectivity index (χ4n) is 10.1. The fraction of sp³-hybridized carbons (Fsp3) is 0.682. The van der Waals surface area contributed by atoms with Crippen LogP contribution in [0.1, 0.15) is 89.2 Å². The highest BCUT2D eigenvalue weighted by atomic mass is 16.6. The maximum atomic E-state index is 14.5. The van der Waals surface area contributed by atoms with Crippen LogP contribution in [-0.4, -0.2) is 147 Å². The fourth-order valence-corrected chi connectivity index (χ4v) is 10.1. The van der Waals surface area contributed by atoms with Gasteiger partial charge >= 0.3 is 6.09 Å². The lowest BCUT2D eigenvalue weighted by Crippen LogP contribution is -2.74. The number of nitrogens with zero attached hydrogens (tertiary/aromatic N) is 2. The Morgan fingerprint density at radius 3 is 2.57 bits per heavy atom. The van der Waals surface area contributed by atoms with Crippen molar-refractivity contribution in [3.05, 3.63) is 35.1 Å². The van der Waals surface area contributed by atoms with Crippen LogP contribution in [0.2, 0.25) is 0 Å². The molecule has 61 heavy (non-hydrogen) atoms. The van der Waals surface area contributed by atoms with Crippen LogP contribution in [0.4, 0.5) is 4.79 Å². The molecule has 336 valence electrons. The predicted octanol–water partition coefficient (Wildman–Crippen LogP) is 2.54. The molecule has 17 heteroatoms. The molecular formula is C44H64N6O11. The third-order valence-corrected chi connectivity index (χ3v) is 13.3. The molecule has 2 fully saturated rings. The van der Waals surface area contributed by atoms with Crippen molar-refractivity contribution in [3.8, 4) is 11.5 Å². The normalized spacial score (nSPS) is 26.5. The van der Waals surface area contributed by atoms with Crippen molar-refractivity contribution in [1.29, 1.82) is 5.41 Å². The van der Waals surface area contributed by atoms with E-state index in [4.69, 9.17) is 29.1 Å². The molecule has 2 bridgehead atoms. The number of Topliss-reactive ketones (excluding diaryl/α,β-unsaturated/α-hetero) is 1. The first-order valence-electron chi connectivity index (χ1n) is 21.7. The molecule has 7 atom stereocenters. The molecule has 4 amide bonds. The second kappa shape index (κ2) is 20.1. The lowest BCUT2D eigenvalue weighted by Gasteiger charge is -2.61. The maximum absolute atomic E-state index is 14.5. The molecule has 2 aliphatic carbocycles. The maximum Gasteiger partial charge on any atom is 0.415 e. The van der Waals surface area contributed by atoms with Crippen molar-refractivity contribution in [2.24, 2.45) is 5.92 Å². The average Bonchev–Trinajstić information content (AvgIpc) is 3.59. The number of nitrogens with one attached hydrogen (secondary N) is 4. The first kappa shape index (κ1) is 45.9. The molecule has 0 radical (unpaired) electrons. The second-order valence-electron chi connectivity index (χ2n) is 17.2. The molecule has 1 spiro atoms. The second-order valence-corrected chi connectivity index (χ2v) is 17.2. The Morgan fingerprint density at radius 1 is 1.03 bits per heavy atom. The zero-order valence-corrected chi connectivity index (χ0v) is 36.3. The number of methoxy groups -OCH3 is 2. The average molecular weight is 853 g/mol. The molecule has 1 aromatic rings. The Hall–Kier alpha value is -4.58. The van der Waals surface area contributed by atoms with Crippen molar-refractivity contribution in [1.82, 2.24) is 25.8 Å². The first-order valence-corrected chi connectivity index (χ1v) is 21.7. The molecule has 5 N–H and O–H groups in total. The number of likely N-dealkylation sites (tertiary alicyclic amines) is 2. The number of carbonyl (C=O) groups is 5. The van der Waals surface area contributed by atoms with Crippen molar-refractivity contribution >= 4 is 35.3 Å². The summed E-state index contributed by atoms with van der Waals surface area (Å²) < 4.78 is 29.4. The minimum Gasteiger partial charge on any atom is -0.493 e. The number of hydrogen-bond acceptors (Lipinski definition) is 13. The van der Waals surface area contributed by atoms with Crippen molar-refractivity contribution in [2.75, 3.05) is 67.3 Å². The van der Waals surface area contributed by atoms with Gasteiger partial charge < -0.3 is 60.0 Å². The highest BCUT2D eigenvalue weighted by Gasteiger charge is 2.72. The summed E-state index contributed by atoms with van der Waals surface area (Å²) in [4.78, 5) is 69.8. The van der Waals surface area contributed by atoms with Gasteiger partial charge in [0.2, 0.25) is 17.7 Å². The van der Waals surface area contributed by atoms with E-state index in [-0.39, 0.29) is 56.1 Å². The summed E-state index contributed by atoms with van der Waals surface area (Å²) in [5.74, 6) is -0.289. The number of amides is 4. The summed E-state index contributed by atoms with van der Waals surface area (Å²) in [6.45, 7) is 4.92. The Kier molecular flexibility index (Phi) is 15.1. The summed E-state index contributed by atoms with van der Waals surface area (Å²) in [5, 5.41) is 28.5. The summed E-state index contributed by atoms with van der Waals surface area (Å²) in [6.07, 6.45) is 5.39. The van der Waals surface area contributed by atoms with E-state index in [1.54, 1.807) is 32.1 Å². The van der Waals surface area contributed by atoms with Crippen molar-refractivity contribution in [3.63, 3.8) is 0 Å². The number of rotatable bonds is 21. The summed E-state index contributed by atoms with van der Waals surface area (Å²) in [6, 6.07) is 2.17. The highest BCUT2D eigenvalue weighted by molar-refractivity contribution is 5.90. The van der Waals surface area contributed by atoms with E-state index in [1.807, 2.05) is 19.2 Å². The topological polar surface area (TPSA) is 218 Å². The summed E-state index contributed by atoms with van der Waals surface area (Å²) in [7, 11) is 5.20. The minimum absolute atomic E-state index is 0.0157. The third kappa shape index (κ3) is 9.74. The number of unbranched alkanes of at least 4 members (excludes halogenated alkanes) is 1. The SMILES string of the molecule is COCCOCCCC(=O)C1CCN(C(=O)OC2=CC[C@@]3(O)[C@H]4Cc5ccc(OC)c6c5[C@@]3(CCN4C)[C@H]2O6)C(CNC(=O)[C@H](CCCCC(C)=N)NC(=O)CNC(C)=O)C1. The van der Waals surface area contributed by atoms with Crippen LogP contribution in [0.3, 0.4) is 0 Å². The standard InChI is InChI=1S/C44H64N6O11/c1-27(45)9-6-7-10-32(48-37(53)26-46-28(2)51)41(54)47-25-31-23-29(33(52)11-8-20-59-22-21-57-4)15-18-50(31)42(55)60-35-14-16-44(56)36-24-30-12-13-34(58-5)39-38(30)43(44,40(35)61-39)17-19-49(36)3/h12-14,29,31-32,36,40,45,56H,6-11,15-26H2,1-5H3,(H,46,51)(H,47,54)(H,48,53)/t29?,31?,32-,36+,40-,43-,44+/m0/s1.